The van der Waals surface area contributed by atoms with Gasteiger partial charge in [0, 0.05) is 24.1 Å². The van der Waals surface area contributed by atoms with Crippen LogP contribution in [0.3, 0.4) is 0 Å². The molecule has 0 bridgehead atoms. The third-order valence-electron chi connectivity index (χ3n) is 3.14. The molecule has 0 unspecified atom stereocenters. The van der Waals surface area contributed by atoms with Gasteiger partial charge in [0.2, 0.25) is 0 Å². The van der Waals surface area contributed by atoms with Crippen LogP contribution in [0, 0.1) is 11.3 Å². The van der Waals surface area contributed by atoms with Gasteiger partial charge in [0.25, 0.3) is 0 Å². The molecule has 0 aliphatic carbocycles. The van der Waals surface area contributed by atoms with Crippen molar-refractivity contribution in [3.05, 3.63) is 36.0 Å². The number of nitriles is 1. The van der Waals surface area contributed by atoms with Crippen molar-refractivity contribution in [1.82, 2.24) is 4.57 Å². The Morgan fingerprint density at radius 3 is 2.89 bits per heavy atom. The first-order valence-corrected chi connectivity index (χ1v) is 6.26. The summed E-state index contributed by atoms with van der Waals surface area (Å²) in [7, 11) is 1.94. The highest BCUT2D eigenvalue weighted by Crippen LogP contribution is 2.29. The molecule has 1 heterocycles. The van der Waals surface area contributed by atoms with Crippen LogP contribution in [0.15, 0.2) is 30.5 Å². The molecule has 4 nitrogen and oxygen atoms in total. The molecule has 0 fully saturated rings. The van der Waals surface area contributed by atoms with E-state index in [1.54, 1.807) is 6.92 Å². The molecule has 4 heteroatoms. The molecule has 98 valence electrons. The van der Waals surface area contributed by atoms with Crippen molar-refractivity contribution < 1.29 is 9.53 Å². The summed E-state index contributed by atoms with van der Waals surface area (Å²) in [5.41, 5.74) is 1.94. The van der Waals surface area contributed by atoms with E-state index in [0.29, 0.717) is 6.61 Å². The average molecular weight is 256 g/mol. The largest absolute Gasteiger partial charge is 0.466 e. The lowest BCUT2D eigenvalue weighted by Crippen LogP contribution is -2.09. The van der Waals surface area contributed by atoms with Gasteiger partial charge in [-0.3, -0.25) is 4.79 Å². The maximum Gasteiger partial charge on any atom is 0.307 e. The highest BCUT2D eigenvalue weighted by Gasteiger charge is 2.20. The second-order valence-corrected chi connectivity index (χ2v) is 4.40. The van der Waals surface area contributed by atoms with Gasteiger partial charge in [0.15, 0.2) is 0 Å². The van der Waals surface area contributed by atoms with Crippen molar-refractivity contribution in [2.75, 3.05) is 6.61 Å². The van der Waals surface area contributed by atoms with Crippen LogP contribution in [0.1, 0.15) is 24.8 Å². The van der Waals surface area contributed by atoms with Crippen molar-refractivity contribution in [1.29, 1.82) is 5.26 Å². The number of aryl methyl sites for hydroxylation is 1. The number of carbonyl (C=O) groups excluding carboxylic acids is 1. The molecule has 0 N–H and O–H groups in total. The minimum Gasteiger partial charge on any atom is -0.466 e. The quantitative estimate of drug-likeness (QED) is 0.790. The first-order chi connectivity index (χ1) is 9.17. The van der Waals surface area contributed by atoms with Gasteiger partial charge in [-0.1, -0.05) is 18.2 Å². The fourth-order valence-corrected chi connectivity index (χ4v) is 2.26. The Morgan fingerprint density at radius 2 is 2.21 bits per heavy atom. The summed E-state index contributed by atoms with van der Waals surface area (Å²) >= 11 is 0. The number of aromatic nitrogens is 1. The lowest BCUT2D eigenvalue weighted by Gasteiger charge is -2.07. The van der Waals surface area contributed by atoms with Crippen LogP contribution in [0.2, 0.25) is 0 Å². The second-order valence-electron chi connectivity index (χ2n) is 4.40. The van der Waals surface area contributed by atoms with Gasteiger partial charge in [-0.15, -0.1) is 0 Å². The molecule has 0 radical (unpaired) electrons. The second kappa shape index (κ2) is 5.57. The van der Waals surface area contributed by atoms with Crippen LogP contribution >= 0.6 is 0 Å². The van der Waals surface area contributed by atoms with Gasteiger partial charge in [-0.25, -0.2) is 0 Å². The monoisotopic (exact) mass is 256 g/mol. The number of rotatable bonds is 4. The molecule has 0 spiro atoms. The standard InChI is InChI=1S/C15H16N2O2/c1-3-19-15(18)8-11(9-16)13-10-17(2)14-7-5-4-6-12(13)14/h4-7,10-11H,3,8H2,1-2H3/t11-/m0/s1. The van der Waals surface area contributed by atoms with E-state index in [2.05, 4.69) is 6.07 Å². The van der Waals surface area contributed by atoms with Gasteiger partial charge in [-0.2, -0.15) is 5.26 Å². The Labute approximate surface area is 112 Å². The first-order valence-electron chi connectivity index (χ1n) is 6.26. The van der Waals surface area contributed by atoms with Crippen molar-refractivity contribution in [3.8, 4) is 6.07 Å². The SMILES string of the molecule is CCOC(=O)C[C@@H](C#N)c1cn(C)c2ccccc12. The molecular formula is C15H16N2O2. The summed E-state index contributed by atoms with van der Waals surface area (Å²) in [5.74, 6) is -0.799. The topological polar surface area (TPSA) is 55.0 Å². The first kappa shape index (κ1) is 13.2. The summed E-state index contributed by atoms with van der Waals surface area (Å²) in [5, 5.41) is 10.3. The molecule has 2 rings (SSSR count). The number of esters is 1. The fraction of sp³-hybridized carbons (Fsp3) is 0.333. The van der Waals surface area contributed by atoms with Crippen LogP contribution in [0.5, 0.6) is 0 Å². The minimum atomic E-state index is -0.467. The molecule has 0 aliphatic heterocycles. The minimum absolute atomic E-state index is 0.0956. The van der Waals surface area contributed by atoms with Crippen LogP contribution < -0.4 is 0 Å². The zero-order valence-electron chi connectivity index (χ0n) is 11.1. The van der Waals surface area contributed by atoms with Crippen LogP contribution in [-0.2, 0) is 16.6 Å². The zero-order valence-corrected chi connectivity index (χ0v) is 11.1. The van der Waals surface area contributed by atoms with Gasteiger partial charge >= 0.3 is 5.97 Å². The highest BCUT2D eigenvalue weighted by molar-refractivity contribution is 5.85. The van der Waals surface area contributed by atoms with Crippen LogP contribution in [-0.4, -0.2) is 17.1 Å². The number of para-hydroxylation sites is 1. The molecule has 1 aromatic carbocycles. The molecule has 19 heavy (non-hydrogen) atoms. The number of carbonyl (C=O) groups is 1. The Hall–Kier alpha value is -2.28. The maximum atomic E-state index is 11.5. The number of hydrogen-bond donors (Lipinski definition) is 0. The summed E-state index contributed by atoms with van der Waals surface area (Å²) in [6.45, 7) is 2.10. The van der Waals surface area contributed by atoms with Gasteiger partial charge in [-0.05, 0) is 18.6 Å². The van der Waals surface area contributed by atoms with E-state index in [4.69, 9.17) is 4.74 Å². The molecule has 1 atom stereocenters. The van der Waals surface area contributed by atoms with E-state index in [1.807, 2.05) is 42.1 Å². The van der Waals surface area contributed by atoms with E-state index in [-0.39, 0.29) is 12.4 Å². The number of fused-ring (bicyclic) bond motifs is 1. The Morgan fingerprint density at radius 1 is 1.47 bits per heavy atom. The van der Waals surface area contributed by atoms with Crippen molar-refractivity contribution >= 4 is 16.9 Å². The van der Waals surface area contributed by atoms with Crippen LogP contribution in [0.25, 0.3) is 10.9 Å². The van der Waals surface area contributed by atoms with Gasteiger partial charge < -0.3 is 9.30 Å². The number of benzene rings is 1. The number of nitrogens with zero attached hydrogens (tertiary/aromatic N) is 2. The fourth-order valence-electron chi connectivity index (χ4n) is 2.26. The van der Waals surface area contributed by atoms with E-state index in [0.717, 1.165) is 16.5 Å². The van der Waals surface area contributed by atoms with E-state index >= 15 is 0 Å². The van der Waals surface area contributed by atoms with Crippen LogP contribution in [0.4, 0.5) is 0 Å². The maximum absolute atomic E-state index is 11.5. The summed E-state index contributed by atoms with van der Waals surface area (Å²) < 4.78 is 6.89. The van der Waals surface area contributed by atoms with E-state index in [9.17, 15) is 10.1 Å². The smallest absolute Gasteiger partial charge is 0.307 e. The third-order valence-corrected chi connectivity index (χ3v) is 3.14. The van der Waals surface area contributed by atoms with Crippen molar-refractivity contribution in [2.45, 2.75) is 19.3 Å². The Bertz CT molecular complexity index is 637. The van der Waals surface area contributed by atoms with E-state index < -0.39 is 5.92 Å². The highest BCUT2D eigenvalue weighted by atomic mass is 16.5. The molecule has 0 amide bonds. The summed E-state index contributed by atoms with van der Waals surface area (Å²) in [6.07, 6.45) is 2.01. The normalized spacial score (nSPS) is 12.1. The van der Waals surface area contributed by atoms with Crippen molar-refractivity contribution in [3.63, 3.8) is 0 Å². The third kappa shape index (κ3) is 2.60. The van der Waals surface area contributed by atoms with E-state index in [1.165, 1.54) is 0 Å². The predicted octanol–water partition coefficient (Wildman–Crippen LogP) is 2.74. The lowest BCUT2D eigenvalue weighted by molar-refractivity contribution is -0.143. The van der Waals surface area contributed by atoms with Crippen molar-refractivity contribution in [2.24, 2.45) is 7.05 Å². The predicted molar refractivity (Wildman–Crippen MR) is 72.5 cm³/mol. The summed E-state index contributed by atoms with van der Waals surface area (Å²) in [4.78, 5) is 11.5. The Kier molecular flexibility index (Phi) is 3.86. The zero-order chi connectivity index (χ0) is 13.8. The molecule has 0 saturated heterocycles. The molecular weight excluding hydrogens is 240 g/mol. The summed E-state index contributed by atoms with van der Waals surface area (Å²) in [6, 6.07) is 10.1. The molecule has 0 saturated carbocycles. The Balaban J connectivity index is 2.37. The lowest BCUT2D eigenvalue weighted by atomic mass is 9.97. The van der Waals surface area contributed by atoms with Gasteiger partial charge in [0.05, 0.1) is 25.0 Å². The average Bonchev–Trinajstić information content (AvgIpc) is 2.74. The number of ether oxygens (including phenoxy) is 1. The molecule has 1 aromatic heterocycles. The van der Waals surface area contributed by atoms with Gasteiger partial charge in [0.1, 0.15) is 0 Å². The molecule has 2 aromatic rings. The molecule has 0 aliphatic rings. The number of hydrogen-bond acceptors (Lipinski definition) is 3.